The van der Waals surface area contributed by atoms with E-state index in [1.807, 2.05) is 83.8 Å². The molecule has 1 aromatic rings. The zero-order valence-corrected chi connectivity index (χ0v) is 38.6. The van der Waals surface area contributed by atoms with Crippen molar-refractivity contribution in [3.63, 3.8) is 0 Å². The number of hydrogen-bond acceptors (Lipinski definition) is 10. The minimum absolute atomic E-state index is 0.00145. The van der Waals surface area contributed by atoms with Crippen LogP contribution in [0.3, 0.4) is 0 Å². The predicted molar refractivity (Wildman–Crippen MR) is 231 cm³/mol. The van der Waals surface area contributed by atoms with Gasteiger partial charge in [-0.2, -0.15) is 0 Å². The van der Waals surface area contributed by atoms with Crippen molar-refractivity contribution >= 4 is 29.6 Å². The van der Waals surface area contributed by atoms with E-state index in [0.717, 1.165) is 24.9 Å². The van der Waals surface area contributed by atoms with Crippen molar-refractivity contribution in [2.75, 3.05) is 55.1 Å². The van der Waals surface area contributed by atoms with Gasteiger partial charge in [-0.3, -0.25) is 24.1 Å². The Balaban J connectivity index is 2.28. The van der Waals surface area contributed by atoms with E-state index >= 15 is 0 Å². The summed E-state index contributed by atoms with van der Waals surface area (Å²) in [6, 6.07) is 6.73. The maximum atomic E-state index is 14.5. The number of rotatable bonds is 25. The van der Waals surface area contributed by atoms with Gasteiger partial charge >= 0.3 is 5.97 Å². The lowest BCUT2D eigenvalue weighted by Gasteiger charge is -2.41. The molecule has 0 saturated carbocycles. The highest BCUT2D eigenvalue weighted by Gasteiger charge is 2.43. The average molecular weight is 831 g/mol. The lowest BCUT2D eigenvalue weighted by Crippen LogP contribution is -2.60. The van der Waals surface area contributed by atoms with Crippen molar-refractivity contribution in [2.45, 2.75) is 143 Å². The average Bonchev–Trinajstić information content (AvgIpc) is 3.68. The van der Waals surface area contributed by atoms with Crippen LogP contribution in [0.1, 0.15) is 93.6 Å². The van der Waals surface area contributed by atoms with Crippen LogP contribution in [-0.2, 0) is 44.6 Å². The van der Waals surface area contributed by atoms with Gasteiger partial charge in [-0.05, 0) is 43.2 Å². The number of ether oxygens (including phenoxy) is 3. The van der Waals surface area contributed by atoms with Crippen LogP contribution in [-0.4, -0.2) is 148 Å². The molecule has 0 radical (unpaired) electrons. The molecule has 14 heteroatoms. The fourth-order valence-electron chi connectivity index (χ4n) is 8.45. The van der Waals surface area contributed by atoms with Crippen LogP contribution in [0.2, 0.25) is 0 Å². The van der Waals surface area contributed by atoms with Gasteiger partial charge < -0.3 is 40.0 Å². The van der Waals surface area contributed by atoms with Gasteiger partial charge in [-0.1, -0.05) is 99.1 Å². The first-order valence-electron chi connectivity index (χ1n) is 21.6. The quantitative estimate of drug-likeness (QED) is 0.124. The Morgan fingerprint density at radius 2 is 1.51 bits per heavy atom. The van der Waals surface area contributed by atoms with Crippen LogP contribution >= 0.6 is 0 Å². The lowest BCUT2D eigenvalue weighted by molar-refractivity contribution is -0.149. The van der Waals surface area contributed by atoms with Crippen LogP contribution in [0.25, 0.3) is 0 Å². The molecule has 14 nitrogen and oxygen atoms in total. The lowest BCUT2D eigenvalue weighted by atomic mass is 9.89. The number of carbonyl (C=O) groups excluding carboxylic acids is 5. The summed E-state index contributed by atoms with van der Waals surface area (Å²) in [5, 5.41) is 9.38. The molecule has 9 atom stereocenters. The number of carbonyl (C=O) groups is 5. The Kier molecular flexibility index (Phi) is 22.1. The fraction of sp³-hybridized carbons (Fsp3) is 0.756. The van der Waals surface area contributed by atoms with Crippen molar-refractivity contribution < 1.29 is 38.2 Å². The van der Waals surface area contributed by atoms with E-state index < -0.39 is 54.3 Å². The molecular weight excluding hydrogens is 753 g/mol. The summed E-state index contributed by atoms with van der Waals surface area (Å²) in [5.74, 6) is -2.47. The van der Waals surface area contributed by atoms with Gasteiger partial charge in [0.1, 0.15) is 12.1 Å². The Hall–Kier alpha value is -3.59. The molecule has 1 aliphatic rings. The first-order chi connectivity index (χ1) is 27.8. The van der Waals surface area contributed by atoms with Crippen LogP contribution < -0.4 is 16.0 Å². The molecule has 1 fully saturated rings. The number of likely N-dealkylation sites (N-methyl/N-ethyl adjacent to an activating group) is 2. The van der Waals surface area contributed by atoms with Crippen molar-refractivity contribution in [1.29, 1.82) is 0 Å². The number of likely N-dealkylation sites (tertiary alicyclic amines) is 1. The molecule has 0 aromatic heterocycles. The second kappa shape index (κ2) is 25.2. The Morgan fingerprint density at radius 3 is 2.03 bits per heavy atom. The van der Waals surface area contributed by atoms with E-state index in [-0.39, 0.29) is 54.2 Å². The molecule has 0 unspecified atom stereocenters. The maximum absolute atomic E-state index is 14.5. The standard InChI is InChI=1S/C45H78N6O8/c1-15-31(8)40(50(11)44(55)38(28(2)3)48-43(54)39(29(4)5)49(10)25-23-46-30(6)7)36(57-12)27-37(52)51-24-19-22-35(51)41(58-13)32(9)42(53)47-34(45(56)59-14)26-33-20-17-16-18-21-33/h16-18,20-21,28-32,34-36,38-41,46H,15,19,22-27H2,1-14H3,(H,47,53)(H,48,54)/t31-,32+,34-,35-,36+,38-,39-,40-,41+/m0/s1. The molecule has 336 valence electrons. The van der Waals surface area contributed by atoms with E-state index in [1.165, 1.54) is 14.2 Å². The number of benzene rings is 1. The number of esters is 1. The highest BCUT2D eigenvalue weighted by molar-refractivity contribution is 5.90. The van der Waals surface area contributed by atoms with E-state index in [2.05, 4.69) is 29.8 Å². The van der Waals surface area contributed by atoms with Gasteiger partial charge in [-0.15, -0.1) is 0 Å². The minimum atomic E-state index is -0.894. The maximum Gasteiger partial charge on any atom is 0.328 e. The summed E-state index contributed by atoms with van der Waals surface area (Å²) < 4.78 is 17.0. The van der Waals surface area contributed by atoms with Gasteiger partial charge in [0.2, 0.25) is 23.6 Å². The number of methoxy groups -OCH3 is 3. The summed E-state index contributed by atoms with van der Waals surface area (Å²) in [7, 11) is 8.06. The largest absolute Gasteiger partial charge is 0.467 e. The van der Waals surface area contributed by atoms with Crippen LogP contribution in [0.4, 0.5) is 0 Å². The Morgan fingerprint density at radius 1 is 0.864 bits per heavy atom. The number of nitrogens with zero attached hydrogens (tertiary/aromatic N) is 3. The zero-order chi connectivity index (χ0) is 44.6. The third-order valence-corrected chi connectivity index (χ3v) is 12.0. The van der Waals surface area contributed by atoms with E-state index in [0.29, 0.717) is 25.6 Å². The third-order valence-electron chi connectivity index (χ3n) is 12.0. The van der Waals surface area contributed by atoms with E-state index in [4.69, 9.17) is 14.2 Å². The molecule has 0 aliphatic carbocycles. The first-order valence-corrected chi connectivity index (χ1v) is 21.6. The first kappa shape index (κ1) is 51.6. The third kappa shape index (κ3) is 14.8. The summed E-state index contributed by atoms with van der Waals surface area (Å²) in [6.07, 6.45) is 1.05. The van der Waals surface area contributed by atoms with Gasteiger partial charge in [0.25, 0.3) is 0 Å². The predicted octanol–water partition coefficient (Wildman–Crippen LogP) is 3.90. The van der Waals surface area contributed by atoms with Crippen molar-refractivity contribution in [1.82, 2.24) is 30.7 Å². The Labute approximate surface area is 355 Å². The smallest absolute Gasteiger partial charge is 0.328 e. The minimum Gasteiger partial charge on any atom is -0.467 e. The van der Waals surface area contributed by atoms with Crippen molar-refractivity contribution in [3.05, 3.63) is 35.9 Å². The van der Waals surface area contributed by atoms with Crippen molar-refractivity contribution in [3.8, 4) is 0 Å². The number of amides is 4. The SMILES string of the molecule is CC[C@H](C)[C@@H]([C@@H](CC(=O)N1CCC[C@H]1[C@H](OC)[C@@H](C)C(=O)N[C@@H](Cc1ccccc1)C(=O)OC)OC)N(C)C(=O)[C@@H](NC(=O)[C@H](C(C)C)N(C)CCNC(C)C)C(C)C. The van der Waals surface area contributed by atoms with E-state index in [1.54, 1.807) is 30.9 Å². The molecule has 0 spiro atoms. The number of hydrogen-bond donors (Lipinski definition) is 3. The molecule has 1 aromatic carbocycles. The molecular formula is C45H78N6O8. The topological polar surface area (TPSA) is 159 Å². The number of nitrogens with one attached hydrogen (secondary N) is 3. The van der Waals surface area contributed by atoms with Crippen LogP contribution in [0, 0.1) is 23.7 Å². The van der Waals surface area contributed by atoms with Gasteiger partial charge in [-0.25, -0.2) is 4.79 Å². The highest BCUT2D eigenvalue weighted by atomic mass is 16.5. The molecule has 1 heterocycles. The zero-order valence-electron chi connectivity index (χ0n) is 38.6. The summed E-state index contributed by atoms with van der Waals surface area (Å²) in [6.45, 7) is 19.8. The van der Waals surface area contributed by atoms with Crippen LogP contribution in [0.5, 0.6) is 0 Å². The molecule has 2 rings (SSSR count). The summed E-state index contributed by atoms with van der Waals surface area (Å²) in [5.41, 5.74) is 0.875. The van der Waals surface area contributed by atoms with Gasteiger partial charge in [0.15, 0.2) is 0 Å². The molecule has 1 saturated heterocycles. The van der Waals surface area contributed by atoms with Gasteiger partial charge in [0, 0.05) is 53.4 Å². The van der Waals surface area contributed by atoms with Crippen molar-refractivity contribution in [2.24, 2.45) is 23.7 Å². The van der Waals surface area contributed by atoms with Crippen LogP contribution in [0.15, 0.2) is 30.3 Å². The normalized spacial score (nSPS) is 18.5. The summed E-state index contributed by atoms with van der Waals surface area (Å²) >= 11 is 0. The molecule has 1 aliphatic heterocycles. The summed E-state index contributed by atoms with van der Waals surface area (Å²) in [4.78, 5) is 74.6. The fourth-order valence-corrected chi connectivity index (χ4v) is 8.45. The second-order valence-corrected chi connectivity index (χ2v) is 17.4. The molecule has 4 amide bonds. The van der Waals surface area contributed by atoms with E-state index in [9.17, 15) is 24.0 Å². The second-order valence-electron chi connectivity index (χ2n) is 17.4. The highest BCUT2D eigenvalue weighted by Crippen LogP contribution is 2.30. The molecule has 3 N–H and O–H groups in total. The molecule has 59 heavy (non-hydrogen) atoms. The monoisotopic (exact) mass is 831 g/mol. The van der Waals surface area contributed by atoms with Gasteiger partial charge in [0.05, 0.1) is 49.8 Å². The Bertz CT molecular complexity index is 1460. The molecule has 0 bridgehead atoms.